The second kappa shape index (κ2) is 6.08. The highest BCUT2D eigenvalue weighted by Crippen LogP contribution is 2.31. The fraction of sp³-hybridized carbons (Fsp3) is 0.250. The monoisotopic (exact) mass is 218 g/mol. The molecule has 72 valence electrons. The van der Waals surface area contributed by atoms with Crippen molar-refractivity contribution in [1.82, 2.24) is 0 Å². The lowest BCUT2D eigenvalue weighted by atomic mass is 10.3. The molecule has 1 aromatic rings. The van der Waals surface area contributed by atoms with Crippen LogP contribution in [0.5, 0.6) is 5.75 Å². The molecule has 0 N–H and O–H groups in total. The highest BCUT2D eigenvalue weighted by molar-refractivity contribution is 7.97. The van der Waals surface area contributed by atoms with Crippen LogP contribution in [0, 0.1) is 0 Å². The van der Waals surface area contributed by atoms with Crippen LogP contribution in [-0.4, -0.2) is 5.75 Å². The van der Waals surface area contributed by atoms with Crippen LogP contribution in [0.2, 0.25) is 0 Å². The molecule has 0 bridgehead atoms. The number of hydrogen-bond donors (Lipinski definition) is 0. The number of benzene rings is 1. The molecule has 1 aromatic carbocycles. The first-order valence-electron chi connectivity index (χ1n) is 3.89. The summed E-state index contributed by atoms with van der Waals surface area (Å²) in [7, 11) is -2.39. The summed E-state index contributed by atoms with van der Waals surface area (Å²) in [5, 5.41) is 0. The number of rotatable bonds is 5. The van der Waals surface area contributed by atoms with Gasteiger partial charge in [-0.1, -0.05) is 25.1 Å². The van der Waals surface area contributed by atoms with E-state index in [1.54, 1.807) is 12.1 Å². The molecule has 0 aliphatic carbocycles. The van der Waals surface area contributed by atoms with Crippen molar-refractivity contribution in [3.63, 3.8) is 0 Å². The number of hydrogen-bond acceptors (Lipinski definition) is 4. The third kappa shape index (κ3) is 4.36. The molecule has 1 rings (SSSR count). The maximum absolute atomic E-state index is 11.1. The molecule has 0 aromatic heterocycles. The van der Waals surface area contributed by atoms with Gasteiger partial charge in [0.1, 0.15) is 5.75 Å². The van der Waals surface area contributed by atoms with E-state index >= 15 is 0 Å². The Bertz CT molecular complexity index is 265. The first-order valence-corrected chi connectivity index (χ1v) is 6.03. The minimum absolute atomic E-state index is 0.572. The summed E-state index contributed by atoms with van der Waals surface area (Å²) in [5.74, 6) is 1.33. The van der Waals surface area contributed by atoms with E-state index in [1.165, 1.54) is 0 Å². The van der Waals surface area contributed by atoms with Crippen LogP contribution in [0.3, 0.4) is 0 Å². The fourth-order valence-corrected chi connectivity index (χ4v) is 2.03. The fourth-order valence-electron chi connectivity index (χ4n) is 0.709. The zero-order chi connectivity index (χ0) is 9.52. The molecule has 1 unspecified atom stereocenters. The van der Waals surface area contributed by atoms with E-state index < -0.39 is 8.25 Å². The highest BCUT2D eigenvalue weighted by Gasteiger charge is 2.00. The molecule has 3 nitrogen and oxygen atoms in total. The zero-order valence-electron chi connectivity index (χ0n) is 7.23. The van der Waals surface area contributed by atoms with Gasteiger partial charge in [0.15, 0.2) is 0 Å². The van der Waals surface area contributed by atoms with Crippen molar-refractivity contribution in [2.45, 2.75) is 6.92 Å². The van der Waals surface area contributed by atoms with Crippen LogP contribution in [0.25, 0.3) is 0 Å². The average molecular weight is 218 g/mol. The Hall–Kier alpha value is -0.440. The summed E-state index contributed by atoms with van der Waals surface area (Å²) in [6, 6.07) is 8.98. The molecular weight excluding hydrogens is 207 g/mol. The van der Waals surface area contributed by atoms with Crippen LogP contribution in [0.15, 0.2) is 30.3 Å². The van der Waals surface area contributed by atoms with E-state index in [4.69, 9.17) is 8.49 Å². The molecule has 1 atom stereocenters. The van der Waals surface area contributed by atoms with Crippen LogP contribution >= 0.6 is 20.3 Å². The smallest absolute Gasteiger partial charge is 0.378 e. The minimum atomic E-state index is -2.39. The normalized spacial score (nSPS) is 12.4. The molecule has 0 radical (unpaired) electrons. The second-order valence-electron chi connectivity index (χ2n) is 2.15. The van der Waals surface area contributed by atoms with Crippen molar-refractivity contribution >= 4 is 20.3 Å². The van der Waals surface area contributed by atoms with Gasteiger partial charge in [-0.3, -0.25) is 0 Å². The quantitative estimate of drug-likeness (QED) is 0.561. The van der Waals surface area contributed by atoms with Gasteiger partial charge in [-0.25, -0.2) is 8.54 Å². The average Bonchev–Trinajstić information content (AvgIpc) is 2.16. The Balaban J connectivity index is 2.37. The molecule has 0 saturated heterocycles. The minimum Gasteiger partial charge on any atom is -0.426 e. The SMILES string of the molecule is CCSO[PH](=O)Oc1ccccc1. The van der Waals surface area contributed by atoms with Gasteiger partial charge in [-0.05, 0) is 12.1 Å². The van der Waals surface area contributed by atoms with Crippen molar-refractivity contribution in [3.05, 3.63) is 30.3 Å². The van der Waals surface area contributed by atoms with E-state index in [9.17, 15) is 4.57 Å². The van der Waals surface area contributed by atoms with Crippen molar-refractivity contribution < 1.29 is 13.1 Å². The van der Waals surface area contributed by atoms with Crippen molar-refractivity contribution in [2.24, 2.45) is 0 Å². The lowest BCUT2D eigenvalue weighted by Crippen LogP contribution is -1.81. The standard InChI is InChI=1S/C8H11O3PS/c1-2-13-11-12(9)10-8-6-4-3-5-7-8/h3-7,12H,2H2,1H3. The summed E-state index contributed by atoms with van der Waals surface area (Å²) in [4.78, 5) is 0. The predicted octanol–water partition coefficient (Wildman–Crippen LogP) is 3.14. The third-order valence-electron chi connectivity index (χ3n) is 1.19. The molecule has 0 amide bonds. The van der Waals surface area contributed by atoms with Gasteiger partial charge in [0.2, 0.25) is 0 Å². The molecule has 0 fully saturated rings. The van der Waals surface area contributed by atoms with E-state index in [0.29, 0.717) is 5.75 Å². The van der Waals surface area contributed by atoms with Crippen LogP contribution in [0.4, 0.5) is 0 Å². The summed E-state index contributed by atoms with van der Waals surface area (Å²) in [6.45, 7) is 1.92. The first-order chi connectivity index (χ1) is 6.33. The van der Waals surface area contributed by atoms with Gasteiger partial charge in [0, 0.05) is 17.8 Å². The predicted molar refractivity (Wildman–Crippen MR) is 55.3 cm³/mol. The molecule has 13 heavy (non-hydrogen) atoms. The lowest BCUT2D eigenvalue weighted by Gasteiger charge is -2.03. The van der Waals surface area contributed by atoms with E-state index in [0.717, 1.165) is 17.8 Å². The Labute approximate surface area is 82.6 Å². The molecule has 0 spiro atoms. The van der Waals surface area contributed by atoms with Crippen molar-refractivity contribution in [1.29, 1.82) is 0 Å². The molecule has 0 aliphatic heterocycles. The summed E-state index contributed by atoms with van der Waals surface area (Å²) in [5.41, 5.74) is 0. The van der Waals surface area contributed by atoms with Crippen LogP contribution < -0.4 is 4.52 Å². The van der Waals surface area contributed by atoms with E-state index in [1.807, 2.05) is 25.1 Å². The van der Waals surface area contributed by atoms with Crippen LogP contribution in [0.1, 0.15) is 6.92 Å². The molecule has 0 saturated carbocycles. The lowest BCUT2D eigenvalue weighted by molar-refractivity contribution is 0.437. The zero-order valence-corrected chi connectivity index (χ0v) is 9.04. The van der Waals surface area contributed by atoms with E-state index in [2.05, 4.69) is 0 Å². The Morgan fingerprint density at radius 1 is 1.38 bits per heavy atom. The van der Waals surface area contributed by atoms with Gasteiger partial charge in [-0.2, -0.15) is 0 Å². The molecular formula is C8H11O3PS. The van der Waals surface area contributed by atoms with Gasteiger partial charge in [0.25, 0.3) is 0 Å². The third-order valence-corrected chi connectivity index (χ3v) is 2.84. The van der Waals surface area contributed by atoms with Gasteiger partial charge < -0.3 is 4.52 Å². The molecule has 0 aliphatic rings. The van der Waals surface area contributed by atoms with Crippen LogP contribution in [-0.2, 0) is 8.54 Å². The van der Waals surface area contributed by atoms with Crippen molar-refractivity contribution in [2.75, 3.05) is 5.75 Å². The Morgan fingerprint density at radius 2 is 2.08 bits per heavy atom. The second-order valence-corrected chi connectivity index (χ2v) is 4.34. The maximum Gasteiger partial charge on any atom is 0.378 e. The highest BCUT2D eigenvalue weighted by atomic mass is 32.2. The maximum atomic E-state index is 11.1. The first kappa shape index (κ1) is 10.6. The summed E-state index contributed by atoms with van der Waals surface area (Å²) >= 11 is 1.14. The summed E-state index contributed by atoms with van der Waals surface area (Å²) < 4.78 is 20.9. The topological polar surface area (TPSA) is 35.5 Å². The largest absolute Gasteiger partial charge is 0.426 e. The Kier molecular flexibility index (Phi) is 4.98. The van der Waals surface area contributed by atoms with E-state index in [-0.39, 0.29) is 0 Å². The van der Waals surface area contributed by atoms with Gasteiger partial charge >= 0.3 is 8.25 Å². The molecule has 5 heteroatoms. The number of para-hydroxylation sites is 1. The van der Waals surface area contributed by atoms with Gasteiger partial charge in [-0.15, -0.1) is 0 Å². The van der Waals surface area contributed by atoms with Gasteiger partial charge in [0.05, 0.1) is 0 Å². The summed E-state index contributed by atoms with van der Waals surface area (Å²) in [6.07, 6.45) is 0. The molecule has 0 heterocycles. The Morgan fingerprint density at radius 3 is 2.69 bits per heavy atom. The van der Waals surface area contributed by atoms with Crippen molar-refractivity contribution in [3.8, 4) is 5.75 Å².